The van der Waals surface area contributed by atoms with Gasteiger partial charge in [-0.2, -0.15) is 0 Å². The number of hydrogen-bond acceptors (Lipinski definition) is 8. The molecule has 0 aliphatic rings. The van der Waals surface area contributed by atoms with Gasteiger partial charge in [0.1, 0.15) is 24.4 Å². The molecule has 5 atom stereocenters. The van der Waals surface area contributed by atoms with Gasteiger partial charge in [0.05, 0.1) is 13.2 Å². The van der Waals surface area contributed by atoms with Crippen LogP contribution in [0.5, 0.6) is 0 Å². The number of carbonyl (C=O) groups is 1. The second kappa shape index (κ2) is 45.2. The molecule has 0 saturated heterocycles. The highest BCUT2D eigenvalue weighted by atomic mass is 16.5. The fourth-order valence-electron chi connectivity index (χ4n) is 8.00. The first-order chi connectivity index (χ1) is 28.8. The minimum atomic E-state index is -1.74. The van der Waals surface area contributed by atoms with Crippen molar-refractivity contribution in [2.24, 2.45) is 0 Å². The summed E-state index contributed by atoms with van der Waals surface area (Å²) in [6.45, 7) is 4.64. The SMILES string of the molecule is CCCCCCCCCCCCCCCCCCCCCCOC(COCCCCCCCCCCCCCCCCCC)C(=O)N(C)C[C@H](O)[C@@H](O)[C@H](O)[C@H](O)CO. The first kappa shape index (κ1) is 58.2. The zero-order chi connectivity index (χ0) is 43.4. The lowest BCUT2D eigenvalue weighted by Crippen LogP contribution is -2.51. The van der Waals surface area contributed by atoms with Crippen molar-refractivity contribution in [3.05, 3.63) is 0 Å². The summed E-state index contributed by atoms with van der Waals surface area (Å²) in [5.74, 6) is -0.367. The highest BCUT2D eigenvalue weighted by Crippen LogP contribution is 2.17. The molecule has 0 rings (SSSR count). The highest BCUT2D eigenvalue weighted by Gasteiger charge is 2.32. The van der Waals surface area contributed by atoms with E-state index in [4.69, 9.17) is 14.6 Å². The molecule has 354 valence electrons. The molecule has 5 N–H and O–H groups in total. The number of nitrogens with zero attached hydrogens (tertiary/aromatic N) is 1. The molecular formula is C50H101NO8. The quantitative estimate of drug-likeness (QED) is 0.0382. The second-order valence-electron chi connectivity index (χ2n) is 18.0. The Labute approximate surface area is 365 Å². The van der Waals surface area contributed by atoms with Crippen molar-refractivity contribution in [3.63, 3.8) is 0 Å². The van der Waals surface area contributed by atoms with Crippen molar-refractivity contribution in [1.29, 1.82) is 0 Å². The summed E-state index contributed by atoms with van der Waals surface area (Å²) in [7, 11) is 1.51. The number of carbonyl (C=O) groups excluding carboxylic acids is 1. The molecule has 0 radical (unpaired) electrons. The predicted molar refractivity (Wildman–Crippen MR) is 247 cm³/mol. The number of aliphatic hydroxyl groups is 5. The van der Waals surface area contributed by atoms with Crippen molar-refractivity contribution in [1.82, 2.24) is 4.90 Å². The van der Waals surface area contributed by atoms with Gasteiger partial charge in [0.25, 0.3) is 5.91 Å². The zero-order valence-corrected chi connectivity index (χ0v) is 39.3. The van der Waals surface area contributed by atoms with Crippen LogP contribution in [0.3, 0.4) is 0 Å². The number of rotatable bonds is 48. The van der Waals surface area contributed by atoms with Gasteiger partial charge >= 0.3 is 0 Å². The number of hydrogen-bond donors (Lipinski definition) is 5. The molecule has 0 aromatic carbocycles. The van der Waals surface area contributed by atoms with Crippen LogP contribution in [0.25, 0.3) is 0 Å². The standard InChI is InChI=1S/C50H101NO8/c1-4-6-8-10-12-14-16-18-20-22-23-24-25-27-29-31-33-35-37-39-41-59-47(50(57)51(3)42-45(53)48(55)49(56)46(54)43-52)44-58-40-38-36-34-32-30-28-26-21-19-17-15-13-11-9-7-5-2/h45-49,52-56H,4-44H2,1-3H3/t45-,46+,47?,48+,49+/m0/s1. The van der Waals surface area contributed by atoms with Crippen LogP contribution in [0.15, 0.2) is 0 Å². The number of ether oxygens (including phenoxy) is 2. The van der Waals surface area contributed by atoms with Crippen LogP contribution in [0.1, 0.15) is 245 Å². The number of amides is 1. The molecule has 0 heterocycles. The van der Waals surface area contributed by atoms with E-state index >= 15 is 0 Å². The van der Waals surface area contributed by atoms with Gasteiger partial charge in [-0.25, -0.2) is 0 Å². The Morgan fingerprint density at radius 3 is 1.05 bits per heavy atom. The molecule has 1 unspecified atom stereocenters. The van der Waals surface area contributed by atoms with Gasteiger partial charge in [-0.3, -0.25) is 4.79 Å². The van der Waals surface area contributed by atoms with Crippen LogP contribution in [-0.4, -0.2) is 107 Å². The number of unbranched alkanes of at least 4 members (excludes halogenated alkanes) is 34. The Morgan fingerprint density at radius 1 is 0.441 bits per heavy atom. The average Bonchev–Trinajstić information content (AvgIpc) is 3.24. The maximum atomic E-state index is 13.4. The largest absolute Gasteiger partial charge is 0.394 e. The molecule has 59 heavy (non-hydrogen) atoms. The fraction of sp³-hybridized carbons (Fsp3) is 0.980. The van der Waals surface area contributed by atoms with Gasteiger partial charge in [-0.05, 0) is 12.8 Å². The minimum Gasteiger partial charge on any atom is -0.394 e. The molecule has 0 aliphatic heterocycles. The van der Waals surface area contributed by atoms with Gasteiger partial charge in [-0.1, -0.05) is 232 Å². The Hall–Kier alpha value is -0.810. The molecule has 0 saturated carbocycles. The Bertz CT molecular complexity index is 850. The lowest BCUT2D eigenvalue weighted by molar-refractivity contribution is -0.152. The summed E-state index contributed by atoms with van der Waals surface area (Å²) in [6.07, 6.45) is 39.9. The third-order valence-electron chi connectivity index (χ3n) is 12.2. The van der Waals surface area contributed by atoms with Crippen LogP contribution in [0, 0.1) is 0 Å². The van der Waals surface area contributed by atoms with Gasteiger partial charge in [0.2, 0.25) is 0 Å². The third-order valence-corrected chi connectivity index (χ3v) is 12.2. The first-order valence-electron chi connectivity index (χ1n) is 25.6. The smallest absolute Gasteiger partial charge is 0.253 e. The molecule has 0 aliphatic carbocycles. The van der Waals surface area contributed by atoms with Crippen LogP contribution in [0.4, 0.5) is 0 Å². The van der Waals surface area contributed by atoms with E-state index in [9.17, 15) is 25.2 Å². The van der Waals surface area contributed by atoms with Crippen molar-refractivity contribution in [2.45, 2.75) is 276 Å². The zero-order valence-electron chi connectivity index (χ0n) is 39.3. The van der Waals surface area contributed by atoms with E-state index < -0.39 is 37.1 Å². The maximum absolute atomic E-state index is 13.4. The third kappa shape index (κ3) is 37.5. The molecule has 0 aromatic heterocycles. The summed E-state index contributed by atoms with van der Waals surface area (Å²) < 4.78 is 12.0. The van der Waals surface area contributed by atoms with Crippen LogP contribution >= 0.6 is 0 Å². The minimum absolute atomic E-state index is 0.117. The van der Waals surface area contributed by atoms with E-state index in [1.54, 1.807) is 0 Å². The summed E-state index contributed by atoms with van der Waals surface area (Å²) in [4.78, 5) is 14.7. The van der Waals surface area contributed by atoms with E-state index in [0.717, 1.165) is 32.1 Å². The summed E-state index contributed by atoms with van der Waals surface area (Å²) in [5, 5.41) is 49.5. The molecule has 0 aromatic rings. The fourth-order valence-corrected chi connectivity index (χ4v) is 8.00. The van der Waals surface area contributed by atoms with Crippen LogP contribution in [-0.2, 0) is 14.3 Å². The second-order valence-corrected chi connectivity index (χ2v) is 18.0. The Morgan fingerprint density at radius 2 is 0.729 bits per heavy atom. The van der Waals surface area contributed by atoms with Crippen molar-refractivity contribution >= 4 is 5.91 Å². The van der Waals surface area contributed by atoms with Crippen molar-refractivity contribution in [2.75, 3.05) is 40.0 Å². The van der Waals surface area contributed by atoms with E-state index in [-0.39, 0.29) is 19.1 Å². The van der Waals surface area contributed by atoms with E-state index in [2.05, 4.69) is 13.8 Å². The maximum Gasteiger partial charge on any atom is 0.253 e. The number of aliphatic hydroxyl groups excluding tert-OH is 5. The summed E-state index contributed by atoms with van der Waals surface area (Å²) in [5.41, 5.74) is 0. The van der Waals surface area contributed by atoms with Gasteiger partial charge in [0.15, 0.2) is 6.10 Å². The predicted octanol–water partition coefficient (Wildman–Crippen LogP) is 11.4. The molecule has 0 fully saturated rings. The highest BCUT2D eigenvalue weighted by molar-refractivity contribution is 5.80. The van der Waals surface area contributed by atoms with E-state index in [1.807, 2.05) is 0 Å². The first-order valence-corrected chi connectivity index (χ1v) is 25.6. The van der Waals surface area contributed by atoms with Crippen molar-refractivity contribution in [3.8, 4) is 0 Å². The topological polar surface area (TPSA) is 140 Å². The van der Waals surface area contributed by atoms with Crippen LogP contribution in [0.2, 0.25) is 0 Å². The Balaban J connectivity index is 4.25. The van der Waals surface area contributed by atoms with Gasteiger partial charge < -0.3 is 39.9 Å². The lowest BCUT2D eigenvalue weighted by Gasteiger charge is -2.30. The molecule has 0 bridgehead atoms. The molecule has 9 nitrogen and oxygen atoms in total. The molecule has 1 amide bonds. The summed E-state index contributed by atoms with van der Waals surface area (Å²) >= 11 is 0. The average molecular weight is 844 g/mol. The lowest BCUT2D eigenvalue weighted by atomic mass is 10.0. The number of likely N-dealkylation sites (N-methyl/N-ethyl adjacent to an activating group) is 1. The molecule has 9 heteroatoms. The normalized spacial score (nSPS) is 14.4. The summed E-state index contributed by atoms with van der Waals surface area (Å²) in [6, 6.07) is 0. The van der Waals surface area contributed by atoms with Crippen LogP contribution < -0.4 is 0 Å². The van der Waals surface area contributed by atoms with Gasteiger partial charge in [0, 0.05) is 26.8 Å². The van der Waals surface area contributed by atoms with Gasteiger partial charge in [-0.15, -0.1) is 0 Å². The van der Waals surface area contributed by atoms with E-state index in [0.29, 0.717) is 13.2 Å². The monoisotopic (exact) mass is 844 g/mol. The Kier molecular flexibility index (Phi) is 44.6. The molecular weight excluding hydrogens is 743 g/mol. The van der Waals surface area contributed by atoms with Crippen molar-refractivity contribution < 1.29 is 39.8 Å². The molecule has 0 spiro atoms. The van der Waals surface area contributed by atoms with E-state index in [1.165, 1.54) is 211 Å².